The predicted molar refractivity (Wildman–Crippen MR) is 84.5 cm³/mol. The topological polar surface area (TPSA) is 45.3 Å². The number of nitrogens with one attached hydrogen (secondary N) is 1. The van der Waals surface area contributed by atoms with Gasteiger partial charge in [-0.2, -0.15) is 0 Å². The molecule has 0 atom stereocenters. The van der Waals surface area contributed by atoms with E-state index in [2.05, 4.69) is 20.9 Å². The number of aromatic amines is 1. The van der Waals surface area contributed by atoms with Gasteiger partial charge in [0.2, 0.25) is 0 Å². The zero-order valence-corrected chi connectivity index (χ0v) is 13.2. The van der Waals surface area contributed by atoms with Gasteiger partial charge in [0, 0.05) is 36.6 Å². The summed E-state index contributed by atoms with van der Waals surface area (Å²) in [6.45, 7) is 1.47. The highest BCUT2D eigenvalue weighted by atomic mass is 79.9. The monoisotopic (exact) mass is 348 g/mol. The first-order valence-electron chi connectivity index (χ1n) is 7.07. The number of rotatable bonds is 3. The number of ether oxygens (including phenoxy) is 1. The largest absolute Gasteiger partial charge is 0.490 e. The van der Waals surface area contributed by atoms with Crippen LogP contribution in [0.2, 0.25) is 0 Å². The van der Waals surface area contributed by atoms with Crippen molar-refractivity contribution in [1.29, 1.82) is 0 Å². The highest BCUT2D eigenvalue weighted by Crippen LogP contribution is 2.22. The van der Waals surface area contributed by atoms with E-state index in [0.717, 1.165) is 36.2 Å². The highest BCUT2D eigenvalue weighted by molar-refractivity contribution is 9.10. The van der Waals surface area contributed by atoms with Gasteiger partial charge in [-0.25, -0.2) is 0 Å². The average molecular weight is 349 g/mol. The molecule has 1 saturated heterocycles. The van der Waals surface area contributed by atoms with Crippen LogP contribution in [0.25, 0.3) is 0 Å². The van der Waals surface area contributed by atoms with Crippen LogP contribution in [0.5, 0.6) is 5.75 Å². The van der Waals surface area contributed by atoms with Gasteiger partial charge in [-0.15, -0.1) is 0 Å². The maximum Gasteiger partial charge on any atom is 0.270 e. The van der Waals surface area contributed by atoms with Crippen LogP contribution in [0.1, 0.15) is 23.3 Å². The molecule has 4 nitrogen and oxygen atoms in total. The van der Waals surface area contributed by atoms with Crippen LogP contribution in [0.3, 0.4) is 0 Å². The number of hydrogen-bond acceptors (Lipinski definition) is 2. The van der Waals surface area contributed by atoms with Crippen LogP contribution in [-0.2, 0) is 0 Å². The lowest BCUT2D eigenvalue weighted by Crippen LogP contribution is -2.41. The number of likely N-dealkylation sites (tertiary alicyclic amines) is 1. The van der Waals surface area contributed by atoms with E-state index >= 15 is 0 Å². The number of piperidine rings is 1. The molecule has 1 fully saturated rings. The van der Waals surface area contributed by atoms with Crippen molar-refractivity contribution >= 4 is 21.8 Å². The zero-order chi connectivity index (χ0) is 14.7. The van der Waals surface area contributed by atoms with Crippen LogP contribution in [0.15, 0.2) is 47.1 Å². The third kappa shape index (κ3) is 3.47. The summed E-state index contributed by atoms with van der Waals surface area (Å²) in [6, 6.07) is 11.5. The van der Waals surface area contributed by atoms with E-state index in [-0.39, 0.29) is 12.0 Å². The van der Waals surface area contributed by atoms with Gasteiger partial charge in [-0.3, -0.25) is 4.79 Å². The number of halogens is 1. The van der Waals surface area contributed by atoms with Gasteiger partial charge < -0.3 is 14.6 Å². The summed E-state index contributed by atoms with van der Waals surface area (Å²) in [5, 5.41) is 0. The molecule has 0 bridgehead atoms. The third-order valence-corrected chi connectivity index (χ3v) is 4.15. The van der Waals surface area contributed by atoms with Crippen molar-refractivity contribution in [1.82, 2.24) is 9.88 Å². The molecule has 1 aliphatic rings. The molecule has 0 saturated carbocycles. The summed E-state index contributed by atoms with van der Waals surface area (Å²) in [5.41, 5.74) is 0.654. The molecule has 2 aromatic rings. The van der Waals surface area contributed by atoms with Gasteiger partial charge in [0.25, 0.3) is 5.91 Å². The van der Waals surface area contributed by atoms with Gasteiger partial charge >= 0.3 is 0 Å². The summed E-state index contributed by atoms with van der Waals surface area (Å²) >= 11 is 3.44. The lowest BCUT2D eigenvalue weighted by molar-refractivity contribution is 0.0591. The maximum atomic E-state index is 12.2. The molecule has 110 valence electrons. The Bertz CT molecular complexity index is 604. The number of carbonyl (C=O) groups excluding carboxylic acids is 1. The van der Waals surface area contributed by atoms with Crippen molar-refractivity contribution in [2.75, 3.05) is 13.1 Å². The van der Waals surface area contributed by atoms with Gasteiger partial charge in [0.1, 0.15) is 17.5 Å². The second-order valence-electron chi connectivity index (χ2n) is 5.15. The van der Waals surface area contributed by atoms with Crippen molar-refractivity contribution in [2.24, 2.45) is 0 Å². The Morgan fingerprint density at radius 3 is 2.71 bits per heavy atom. The zero-order valence-electron chi connectivity index (χ0n) is 11.6. The Balaban J connectivity index is 1.54. The summed E-state index contributed by atoms with van der Waals surface area (Å²) in [6.07, 6.45) is 3.67. The van der Waals surface area contributed by atoms with Crippen LogP contribution in [0, 0.1) is 0 Å². The number of hydrogen-bond donors (Lipinski definition) is 1. The molecule has 1 aromatic heterocycles. The van der Waals surface area contributed by atoms with E-state index in [4.69, 9.17) is 4.74 Å². The molecule has 2 heterocycles. The molecule has 21 heavy (non-hydrogen) atoms. The molecular weight excluding hydrogens is 332 g/mol. The van der Waals surface area contributed by atoms with Crippen LogP contribution in [-0.4, -0.2) is 35.0 Å². The minimum Gasteiger partial charge on any atom is -0.490 e. The molecule has 0 radical (unpaired) electrons. The molecule has 1 aliphatic heterocycles. The van der Waals surface area contributed by atoms with Crippen molar-refractivity contribution in [3.05, 3.63) is 52.8 Å². The SMILES string of the molecule is O=C(c1ccc[nH]1)N1CCC(Oc2cccc(Br)c2)CC1. The molecule has 5 heteroatoms. The Labute approximate surface area is 132 Å². The van der Waals surface area contributed by atoms with Gasteiger partial charge in [-0.1, -0.05) is 22.0 Å². The molecular formula is C16H17BrN2O2. The average Bonchev–Trinajstić information content (AvgIpc) is 3.01. The second kappa shape index (κ2) is 6.35. The Kier molecular flexibility index (Phi) is 4.29. The lowest BCUT2D eigenvalue weighted by Gasteiger charge is -2.32. The summed E-state index contributed by atoms with van der Waals surface area (Å²) in [4.78, 5) is 17.1. The smallest absolute Gasteiger partial charge is 0.270 e. The summed E-state index contributed by atoms with van der Waals surface area (Å²) in [5.74, 6) is 0.944. The number of benzene rings is 1. The Morgan fingerprint density at radius 2 is 2.05 bits per heavy atom. The van der Waals surface area contributed by atoms with E-state index in [1.165, 1.54) is 0 Å². The lowest BCUT2D eigenvalue weighted by atomic mass is 10.1. The fourth-order valence-corrected chi connectivity index (χ4v) is 2.92. The van der Waals surface area contributed by atoms with Crippen molar-refractivity contribution < 1.29 is 9.53 Å². The molecule has 0 unspecified atom stereocenters. The second-order valence-corrected chi connectivity index (χ2v) is 6.07. The van der Waals surface area contributed by atoms with E-state index in [9.17, 15) is 4.79 Å². The predicted octanol–water partition coefficient (Wildman–Crippen LogP) is 3.46. The normalized spacial score (nSPS) is 16.0. The number of carbonyl (C=O) groups is 1. The maximum absolute atomic E-state index is 12.2. The number of aromatic nitrogens is 1. The van der Waals surface area contributed by atoms with E-state index < -0.39 is 0 Å². The fourth-order valence-electron chi connectivity index (χ4n) is 2.54. The molecule has 0 spiro atoms. The minimum absolute atomic E-state index is 0.0703. The summed E-state index contributed by atoms with van der Waals surface area (Å²) in [7, 11) is 0. The first-order valence-corrected chi connectivity index (χ1v) is 7.86. The van der Waals surface area contributed by atoms with Gasteiger partial charge in [0.15, 0.2) is 0 Å². The number of nitrogens with zero attached hydrogens (tertiary/aromatic N) is 1. The number of H-pyrrole nitrogens is 1. The van der Waals surface area contributed by atoms with Crippen molar-refractivity contribution in [2.45, 2.75) is 18.9 Å². The van der Waals surface area contributed by atoms with Crippen molar-refractivity contribution in [3.8, 4) is 5.75 Å². The Hall–Kier alpha value is -1.75. The van der Waals surface area contributed by atoms with Gasteiger partial charge in [-0.05, 0) is 30.3 Å². The quantitative estimate of drug-likeness (QED) is 0.922. The Morgan fingerprint density at radius 1 is 1.24 bits per heavy atom. The molecule has 1 aromatic carbocycles. The van der Waals surface area contributed by atoms with Crippen LogP contribution >= 0.6 is 15.9 Å². The van der Waals surface area contributed by atoms with Crippen LogP contribution in [0.4, 0.5) is 0 Å². The standard InChI is InChI=1S/C16H17BrN2O2/c17-12-3-1-4-14(11-12)21-13-6-9-19(10-7-13)16(20)15-5-2-8-18-15/h1-5,8,11,13,18H,6-7,9-10H2. The van der Waals surface area contributed by atoms with Crippen molar-refractivity contribution in [3.63, 3.8) is 0 Å². The molecule has 0 aliphatic carbocycles. The summed E-state index contributed by atoms with van der Waals surface area (Å²) < 4.78 is 6.99. The first kappa shape index (κ1) is 14.2. The molecule has 1 N–H and O–H groups in total. The minimum atomic E-state index is 0.0703. The molecule has 3 rings (SSSR count). The molecule has 1 amide bonds. The van der Waals surface area contributed by atoms with E-state index in [1.54, 1.807) is 6.20 Å². The van der Waals surface area contributed by atoms with Crippen LogP contribution < -0.4 is 4.74 Å². The third-order valence-electron chi connectivity index (χ3n) is 3.66. The first-order chi connectivity index (χ1) is 10.2. The van der Waals surface area contributed by atoms with Gasteiger partial charge in [0.05, 0.1) is 0 Å². The highest BCUT2D eigenvalue weighted by Gasteiger charge is 2.25. The number of amides is 1. The fraction of sp³-hybridized carbons (Fsp3) is 0.312. The van der Waals surface area contributed by atoms with E-state index in [0.29, 0.717) is 5.69 Å². The van der Waals surface area contributed by atoms with E-state index in [1.807, 2.05) is 41.3 Å².